The van der Waals surface area contributed by atoms with Gasteiger partial charge in [-0.05, 0) is 31.6 Å². The van der Waals surface area contributed by atoms with E-state index in [9.17, 15) is 0 Å². The van der Waals surface area contributed by atoms with Crippen LogP contribution in [-0.2, 0) is 0 Å². The SMILES string of the molecule is CC1CCC(SC(C)CO)CC1. The summed E-state index contributed by atoms with van der Waals surface area (Å²) >= 11 is 1.97. The summed E-state index contributed by atoms with van der Waals surface area (Å²) in [7, 11) is 0. The van der Waals surface area contributed by atoms with Gasteiger partial charge < -0.3 is 5.11 Å². The highest BCUT2D eigenvalue weighted by Gasteiger charge is 2.19. The standard InChI is InChI=1S/C10H20OS/c1-8-3-5-10(6-4-8)12-9(2)7-11/h8-11H,3-7H2,1-2H3. The van der Waals surface area contributed by atoms with Crippen LogP contribution in [0.5, 0.6) is 0 Å². The normalized spacial score (nSPS) is 33.2. The van der Waals surface area contributed by atoms with Gasteiger partial charge in [0.15, 0.2) is 0 Å². The molecule has 0 aromatic carbocycles. The molecule has 1 aliphatic carbocycles. The van der Waals surface area contributed by atoms with Crippen molar-refractivity contribution < 1.29 is 5.11 Å². The zero-order valence-electron chi connectivity index (χ0n) is 8.12. The van der Waals surface area contributed by atoms with E-state index in [1.54, 1.807) is 0 Å². The Bertz CT molecular complexity index is 119. The van der Waals surface area contributed by atoms with Crippen LogP contribution in [0.3, 0.4) is 0 Å². The molecule has 1 N–H and O–H groups in total. The molecule has 0 aromatic rings. The summed E-state index contributed by atoms with van der Waals surface area (Å²) in [6.45, 7) is 4.79. The lowest BCUT2D eigenvalue weighted by Crippen LogP contribution is -2.17. The topological polar surface area (TPSA) is 20.2 Å². The zero-order valence-corrected chi connectivity index (χ0v) is 8.94. The van der Waals surface area contributed by atoms with E-state index >= 15 is 0 Å². The fourth-order valence-corrected chi connectivity index (χ4v) is 3.02. The first-order valence-electron chi connectivity index (χ1n) is 4.98. The Hall–Kier alpha value is 0.310. The molecule has 0 heterocycles. The molecule has 0 saturated heterocycles. The minimum Gasteiger partial charge on any atom is -0.395 e. The Morgan fingerprint density at radius 2 is 1.92 bits per heavy atom. The molecule has 1 saturated carbocycles. The molecular weight excluding hydrogens is 168 g/mol. The van der Waals surface area contributed by atoms with E-state index in [1.807, 2.05) is 11.8 Å². The van der Waals surface area contributed by atoms with Crippen LogP contribution in [0.25, 0.3) is 0 Å². The first-order valence-corrected chi connectivity index (χ1v) is 5.93. The molecule has 0 bridgehead atoms. The van der Waals surface area contributed by atoms with Crippen molar-refractivity contribution in [3.63, 3.8) is 0 Å². The van der Waals surface area contributed by atoms with E-state index in [0.29, 0.717) is 11.9 Å². The van der Waals surface area contributed by atoms with Crippen molar-refractivity contribution in [3.8, 4) is 0 Å². The maximum Gasteiger partial charge on any atom is 0.0547 e. The van der Waals surface area contributed by atoms with E-state index in [0.717, 1.165) is 11.2 Å². The molecule has 1 fully saturated rings. The third kappa shape index (κ3) is 3.36. The van der Waals surface area contributed by atoms with Crippen LogP contribution in [0.4, 0.5) is 0 Å². The molecule has 1 nitrogen and oxygen atoms in total. The van der Waals surface area contributed by atoms with Gasteiger partial charge in [-0.3, -0.25) is 0 Å². The summed E-state index contributed by atoms with van der Waals surface area (Å²) in [5, 5.41) is 10.2. The van der Waals surface area contributed by atoms with Gasteiger partial charge in [0.2, 0.25) is 0 Å². The number of hydrogen-bond donors (Lipinski definition) is 1. The Labute approximate surface area is 79.9 Å². The lowest BCUT2D eigenvalue weighted by molar-refractivity contribution is 0.299. The van der Waals surface area contributed by atoms with Gasteiger partial charge in [-0.2, -0.15) is 11.8 Å². The average Bonchev–Trinajstić information content (AvgIpc) is 2.09. The Morgan fingerprint density at radius 3 is 2.42 bits per heavy atom. The number of aliphatic hydroxyl groups is 1. The first-order chi connectivity index (χ1) is 5.72. The van der Waals surface area contributed by atoms with E-state index < -0.39 is 0 Å². The van der Waals surface area contributed by atoms with Gasteiger partial charge in [-0.25, -0.2) is 0 Å². The summed E-state index contributed by atoms with van der Waals surface area (Å²) in [6.07, 6.45) is 5.48. The highest BCUT2D eigenvalue weighted by Crippen LogP contribution is 2.33. The van der Waals surface area contributed by atoms with Gasteiger partial charge in [-0.15, -0.1) is 0 Å². The van der Waals surface area contributed by atoms with Crippen LogP contribution in [-0.4, -0.2) is 22.2 Å². The second kappa shape index (κ2) is 5.13. The number of rotatable bonds is 3. The molecule has 1 unspecified atom stereocenters. The van der Waals surface area contributed by atoms with E-state index in [1.165, 1.54) is 25.7 Å². The van der Waals surface area contributed by atoms with Gasteiger partial charge in [0.05, 0.1) is 6.61 Å². The van der Waals surface area contributed by atoms with E-state index in [4.69, 9.17) is 5.11 Å². The first kappa shape index (κ1) is 10.4. The molecule has 0 aromatic heterocycles. The molecule has 0 spiro atoms. The zero-order chi connectivity index (χ0) is 8.97. The smallest absolute Gasteiger partial charge is 0.0547 e. The molecular formula is C10H20OS. The van der Waals surface area contributed by atoms with Crippen molar-refractivity contribution in [1.82, 2.24) is 0 Å². The summed E-state index contributed by atoms with van der Waals surface area (Å²) in [5.41, 5.74) is 0. The van der Waals surface area contributed by atoms with Crippen LogP contribution < -0.4 is 0 Å². The quantitative estimate of drug-likeness (QED) is 0.735. The Kier molecular flexibility index (Phi) is 4.44. The van der Waals surface area contributed by atoms with Gasteiger partial charge >= 0.3 is 0 Å². The Morgan fingerprint density at radius 1 is 1.33 bits per heavy atom. The van der Waals surface area contributed by atoms with E-state index in [-0.39, 0.29) is 0 Å². The van der Waals surface area contributed by atoms with Gasteiger partial charge in [0.25, 0.3) is 0 Å². The van der Waals surface area contributed by atoms with Gasteiger partial charge in [0.1, 0.15) is 0 Å². The fourth-order valence-electron chi connectivity index (χ4n) is 1.74. The van der Waals surface area contributed by atoms with Crippen molar-refractivity contribution in [2.45, 2.75) is 50.0 Å². The largest absolute Gasteiger partial charge is 0.395 e. The molecule has 1 rings (SSSR count). The highest BCUT2D eigenvalue weighted by molar-refractivity contribution is 8.00. The second-order valence-electron chi connectivity index (χ2n) is 4.01. The molecule has 0 aliphatic heterocycles. The number of thioether (sulfide) groups is 1. The minimum absolute atomic E-state index is 0.330. The van der Waals surface area contributed by atoms with Gasteiger partial charge in [-0.1, -0.05) is 13.8 Å². The second-order valence-corrected chi connectivity index (χ2v) is 5.75. The molecule has 0 radical (unpaired) electrons. The molecule has 2 heteroatoms. The summed E-state index contributed by atoms with van der Waals surface area (Å²) in [4.78, 5) is 0. The van der Waals surface area contributed by atoms with Crippen LogP contribution in [0, 0.1) is 5.92 Å². The Balaban J connectivity index is 2.17. The third-order valence-corrected chi connectivity index (χ3v) is 4.11. The van der Waals surface area contributed by atoms with Crippen molar-refractivity contribution in [2.24, 2.45) is 5.92 Å². The van der Waals surface area contributed by atoms with Crippen LogP contribution >= 0.6 is 11.8 Å². The fraction of sp³-hybridized carbons (Fsp3) is 1.00. The predicted molar refractivity (Wildman–Crippen MR) is 55.6 cm³/mol. The van der Waals surface area contributed by atoms with Crippen molar-refractivity contribution in [3.05, 3.63) is 0 Å². The van der Waals surface area contributed by atoms with Crippen molar-refractivity contribution in [1.29, 1.82) is 0 Å². The van der Waals surface area contributed by atoms with Crippen molar-refractivity contribution >= 4 is 11.8 Å². The molecule has 1 atom stereocenters. The maximum absolute atomic E-state index is 8.90. The van der Waals surface area contributed by atoms with E-state index in [2.05, 4.69) is 13.8 Å². The predicted octanol–water partition coefficient (Wildman–Crippen LogP) is 2.68. The number of hydrogen-bond acceptors (Lipinski definition) is 2. The maximum atomic E-state index is 8.90. The summed E-state index contributed by atoms with van der Waals surface area (Å²) in [6, 6.07) is 0. The molecule has 1 aliphatic rings. The highest BCUT2D eigenvalue weighted by atomic mass is 32.2. The monoisotopic (exact) mass is 188 g/mol. The van der Waals surface area contributed by atoms with Crippen LogP contribution in [0.1, 0.15) is 39.5 Å². The summed E-state index contributed by atoms with van der Waals surface area (Å²) < 4.78 is 0. The van der Waals surface area contributed by atoms with Crippen molar-refractivity contribution in [2.75, 3.05) is 6.61 Å². The minimum atomic E-state index is 0.330. The lowest BCUT2D eigenvalue weighted by Gasteiger charge is -2.27. The molecule has 12 heavy (non-hydrogen) atoms. The van der Waals surface area contributed by atoms with Crippen LogP contribution in [0.2, 0.25) is 0 Å². The average molecular weight is 188 g/mol. The molecule has 0 amide bonds. The van der Waals surface area contributed by atoms with Gasteiger partial charge in [0, 0.05) is 10.5 Å². The molecule has 72 valence electrons. The third-order valence-electron chi connectivity index (χ3n) is 2.64. The summed E-state index contributed by atoms with van der Waals surface area (Å²) in [5.74, 6) is 0.936. The lowest BCUT2D eigenvalue weighted by atomic mass is 9.91. The number of aliphatic hydroxyl groups excluding tert-OH is 1. The van der Waals surface area contributed by atoms with Crippen LogP contribution in [0.15, 0.2) is 0 Å².